The average molecular weight is 184 g/mol. The molecular weight excluding hydrogens is 176 g/mol. The maximum Gasteiger partial charge on any atom is 0.186 e. The van der Waals surface area contributed by atoms with Crippen LogP contribution < -0.4 is 4.74 Å². The van der Waals surface area contributed by atoms with Gasteiger partial charge in [0.1, 0.15) is 12.4 Å². The zero-order valence-corrected chi connectivity index (χ0v) is 7.49. The first kappa shape index (κ1) is 7.56. The molecule has 1 aromatic carbocycles. The van der Waals surface area contributed by atoms with Crippen LogP contribution in [0.3, 0.4) is 0 Å². The van der Waals surface area contributed by atoms with Gasteiger partial charge in [-0.1, -0.05) is 12.2 Å². The summed E-state index contributed by atoms with van der Waals surface area (Å²) in [6.45, 7) is 0.591. The number of benzene rings is 1. The number of ketones is 1. The van der Waals surface area contributed by atoms with Crippen LogP contribution in [0.15, 0.2) is 24.3 Å². The highest BCUT2D eigenvalue weighted by Crippen LogP contribution is 2.31. The molecule has 0 bridgehead atoms. The third-order valence-electron chi connectivity index (χ3n) is 2.49. The molecule has 0 fully saturated rings. The minimum atomic E-state index is 0.0703. The van der Waals surface area contributed by atoms with E-state index in [1.54, 1.807) is 6.08 Å². The minimum absolute atomic E-state index is 0.0703. The van der Waals surface area contributed by atoms with Crippen molar-refractivity contribution in [3.05, 3.63) is 41.0 Å². The van der Waals surface area contributed by atoms with E-state index in [1.807, 2.05) is 30.4 Å². The lowest BCUT2D eigenvalue weighted by molar-refractivity contribution is 0.104. The van der Waals surface area contributed by atoms with Crippen molar-refractivity contribution in [1.82, 2.24) is 0 Å². The Labute approximate surface area is 81.5 Å². The van der Waals surface area contributed by atoms with Crippen molar-refractivity contribution in [2.45, 2.75) is 0 Å². The number of ether oxygens (including phenoxy) is 1. The number of carbonyl (C=O) groups is 1. The van der Waals surface area contributed by atoms with E-state index in [4.69, 9.17) is 4.74 Å². The van der Waals surface area contributed by atoms with E-state index >= 15 is 0 Å². The van der Waals surface area contributed by atoms with Gasteiger partial charge in [0, 0.05) is 11.1 Å². The van der Waals surface area contributed by atoms with E-state index in [-0.39, 0.29) is 5.78 Å². The van der Waals surface area contributed by atoms with Gasteiger partial charge in [-0.25, -0.2) is 0 Å². The summed E-state index contributed by atoms with van der Waals surface area (Å²) in [5.74, 6) is 0.879. The summed E-state index contributed by atoms with van der Waals surface area (Å²) in [6, 6.07) is 3.82. The summed E-state index contributed by atoms with van der Waals surface area (Å²) in [4.78, 5) is 11.4. The molecule has 14 heavy (non-hydrogen) atoms. The molecule has 0 N–H and O–H groups in total. The first-order chi connectivity index (χ1) is 6.84. The van der Waals surface area contributed by atoms with Crippen molar-refractivity contribution in [3.8, 4) is 5.75 Å². The van der Waals surface area contributed by atoms with E-state index in [2.05, 4.69) is 0 Å². The smallest absolute Gasteiger partial charge is 0.186 e. The average Bonchev–Trinajstić information content (AvgIpc) is 2.57. The van der Waals surface area contributed by atoms with Crippen LogP contribution >= 0.6 is 0 Å². The lowest BCUT2D eigenvalue weighted by atomic mass is 10.0. The Morgan fingerprint density at radius 2 is 2.00 bits per heavy atom. The first-order valence-corrected chi connectivity index (χ1v) is 4.54. The van der Waals surface area contributed by atoms with Gasteiger partial charge in [0.25, 0.3) is 0 Å². The Morgan fingerprint density at radius 1 is 1.07 bits per heavy atom. The van der Waals surface area contributed by atoms with Crippen LogP contribution in [0, 0.1) is 0 Å². The molecule has 2 nitrogen and oxygen atoms in total. The van der Waals surface area contributed by atoms with Crippen molar-refractivity contribution >= 4 is 17.9 Å². The molecule has 68 valence electrons. The zero-order valence-electron chi connectivity index (χ0n) is 7.49. The molecule has 0 atom stereocenters. The minimum Gasteiger partial charge on any atom is -0.489 e. The summed E-state index contributed by atoms with van der Waals surface area (Å²) in [5, 5.41) is 0. The molecule has 0 amide bonds. The Hall–Kier alpha value is -1.83. The van der Waals surface area contributed by atoms with Crippen molar-refractivity contribution in [2.24, 2.45) is 0 Å². The molecule has 0 saturated carbocycles. The number of rotatable bonds is 0. The number of hydrogen-bond acceptors (Lipinski definition) is 2. The van der Waals surface area contributed by atoms with Gasteiger partial charge in [-0.15, -0.1) is 0 Å². The number of fused-ring (bicyclic) bond motifs is 2. The Morgan fingerprint density at radius 3 is 2.93 bits per heavy atom. The maximum atomic E-state index is 11.4. The largest absolute Gasteiger partial charge is 0.489 e. The Bertz CT molecular complexity index is 481. The number of hydrogen-bond donors (Lipinski definition) is 0. The van der Waals surface area contributed by atoms with Gasteiger partial charge in [0.05, 0.1) is 0 Å². The normalized spacial score (nSPS) is 16.4. The van der Waals surface area contributed by atoms with Crippen molar-refractivity contribution in [3.63, 3.8) is 0 Å². The van der Waals surface area contributed by atoms with Crippen LogP contribution in [0.5, 0.6) is 5.75 Å². The second kappa shape index (κ2) is 2.58. The van der Waals surface area contributed by atoms with Gasteiger partial charge in [0.15, 0.2) is 5.78 Å². The van der Waals surface area contributed by atoms with Gasteiger partial charge in [-0.05, 0) is 29.8 Å². The fourth-order valence-electron chi connectivity index (χ4n) is 1.79. The van der Waals surface area contributed by atoms with Crippen molar-refractivity contribution in [1.29, 1.82) is 0 Å². The van der Waals surface area contributed by atoms with Gasteiger partial charge in [-0.2, -0.15) is 0 Å². The fraction of sp³-hybridized carbons (Fsp3) is 0.0833. The van der Waals surface area contributed by atoms with Gasteiger partial charge >= 0.3 is 0 Å². The standard InChI is InChI=1S/C12H8O2/c13-11-4-3-8-6-9-2-1-5-14-12(9)7-10(8)11/h1-4,6-7H,5H2. The molecule has 1 heterocycles. The van der Waals surface area contributed by atoms with Crippen molar-refractivity contribution < 1.29 is 9.53 Å². The predicted molar refractivity (Wildman–Crippen MR) is 54.3 cm³/mol. The third kappa shape index (κ3) is 0.940. The highest BCUT2D eigenvalue weighted by atomic mass is 16.5. The third-order valence-corrected chi connectivity index (χ3v) is 2.49. The van der Waals surface area contributed by atoms with E-state index in [0.717, 1.165) is 22.4 Å². The molecule has 1 aliphatic heterocycles. The van der Waals surface area contributed by atoms with Crippen LogP contribution in [0.25, 0.3) is 12.2 Å². The molecule has 0 spiro atoms. The zero-order chi connectivity index (χ0) is 9.54. The van der Waals surface area contributed by atoms with Crippen LogP contribution in [0.2, 0.25) is 0 Å². The van der Waals surface area contributed by atoms with E-state index < -0.39 is 0 Å². The summed E-state index contributed by atoms with van der Waals surface area (Å²) >= 11 is 0. The van der Waals surface area contributed by atoms with Crippen LogP contribution in [0.1, 0.15) is 21.5 Å². The molecule has 2 heteroatoms. The van der Waals surface area contributed by atoms with Crippen LogP contribution in [-0.4, -0.2) is 12.4 Å². The molecule has 0 aromatic heterocycles. The highest BCUT2D eigenvalue weighted by Gasteiger charge is 2.17. The monoisotopic (exact) mass is 184 g/mol. The Balaban J connectivity index is 2.25. The SMILES string of the molecule is O=C1C=Cc2cc3c(cc21)OCC=C3. The molecule has 2 aliphatic rings. The van der Waals surface area contributed by atoms with Crippen LogP contribution in [0.4, 0.5) is 0 Å². The summed E-state index contributed by atoms with van der Waals surface area (Å²) in [5.41, 5.74) is 2.79. The van der Waals surface area contributed by atoms with E-state index in [0.29, 0.717) is 6.61 Å². The van der Waals surface area contributed by atoms with Crippen molar-refractivity contribution in [2.75, 3.05) is 6.61 Å². The lowest BCUT2D eigenvalue weighted by Gasteiger charge is -2.13. The topological polar surface area (TPSA) is 26.3 Å². The number of carbonyl (C=O) groups excluding carboxylic acids is 1. The molecule has 3 rings (SSSR count). The highest BCUT2D eigenvalue weighted by molar-refractivity contribution is 6.14. The van der Waals surface area contributed by atoms with Crippen LogP contribution in [-0.2, 0) is 0 Å². The Kier molecular flexibility index (Phi) is 1.39. The van der Waals surface area contributed by atoms with Gasteiger partial charge < -0.3 is 4.74 Å². The van der Waals surface area contributed by atoms with Gasteiger partial charge in [0.2, 0.25) is 0 Å². The predicted octanol–water partition coefficient (Wildman–Crippen LogP) is 2.30. The molecule has 1 aliphatic carbocycles. The second-order valence-corrected chi connectivity index (χ2v) is 3.39. The number of allylic oxidation sites excluding steroid dienone is 1. The van der Waals surface area contributed by atoms with E-state index in [1.165, 1.54) is 0 Å². The molecule has 1 aromatic rings. The summed E-state index contributed by atoms with van der Waals surface area (Å²) in [6.07, 6.45) is 7.44. The fourth-order valence-corrected chi connectivity index (χ4v) is 1.79. The molecule has 0 unspecified atom stereocenters. The molecule has 0 saturated heterocycles. The summed E-state index contributed by atoms with van der Waals surface area (Å²) < 4.78 is 5.43. The molecular formula is C12H8O2. The quantitative estimate of drug-likeness (QED) is 0.618. The first-order valence-electron chi connectivity index (χ1n) is 4.54. The summed E-state index contributed by atoms with van der Waals surface area (Å²) in [7, 11) is 0. The lowest BCUT2D eigenvalue weighted by Crippen LogP contribution is -2.02. The molecule has 0 radical (unpaired) electrons. The maximum absolute atomic E-state index is 11.4. The second-order valence-electron chi connectivity index (χ2n) is 3.39. The van der Waals surface area contributed by atoms with Gasteiger partial charge in [-0.3, -0.25) is 4.79 Å². The van der Waals surface area contributed by atoms with E-state index in [9.17, 15) is 4.79 Å².